The highest BCUT2D eigenvalue weighted by molar-refractivity contribution is 4.83. The van der Waals surface area contributed by atoms with Crippen molar-refractivity contribution in [3.8, 4) is 0 Å². The molecule has 0 amide bonds. The minimum Gasteiger partial charge on any atom is -0.493 e. The molecule has 68 valence electrons. The van der Waals surface area contributed by atoms with Crippen LogP contribution in [-0.4, -0.2) is 37.2 Å². The van der Waals surface area contributed by atoms with Gasteiger partial charge in [0.2, 0.25) is 0 Å². The van der Waals surface area contributed by atoms with Crippen molar-refractivity contribution in [2.45, 2.75) is 18.9 Å². The van der Waals surface area contributed by atoms with Gasteiger partial charge in [-0.25, -0.2) is 0 Å². The van der Waals surface area contributed by atoms with Gasteiger partial charge < -0.3 is 10.1 Å². The molecule has 0 saturated carbocycles. The molecule has 0 radical (unpaired) electrons. The Morgan fingerprint density at radius 1 is 1.42 bits per heavy atom. The summed E-state index contributed by atoms with van der Waals surface area (Å²) in [6.07, 6.45) is 6.68. The van der Waals surface area contributed by atoms with Crippen molar-refractivity contribution >= 4 is 0 Å². The zero-order chi connectivity index (χ0) is 8.23. The first-order valence-electron chi connectivity index (χ1n) is 4.71. The second kappa shape index (κ2) is 3.81. The van der Waals surface area contributed by atoms with Gasteiger partial charge in [0.05, 0.1) is 12.8 Å². The predicted molar refractivity (Wildman–Crippen MR) is 47.7 cm³/mol. The van der Waals surface area contributed by atoms with Crippen LogP contribution < -0.4 is 5.32 Å². The number of nitrogens with zero attached hydrogens (tertiary/aromatic N) is 1. The Kier molecular flexibility index (Phi) is 2.51. The van der Waals surface area contributed by atoms with Gasteiger partial charge in [0.15, 0.2) is 0 Å². The van der Waals surface area contributed by atoms with Crippen LogP contribution in [-0.2, 0) is 4.74 Å². The van der Waals surface area contributed by atoms with E-state index >= 15 is 0 Å². The lowest BCUT2D eigenvalue weighted by molar-refractivity contribution is 0.0946. The molecular formula is C9H16N2O. The molecule has 3 heteroatoms. The summed E-state index contributed by atoms with van der Waals surface area (Å²) in [7, 11) is 0. The average molecular weight is 168 g/mol. The van der Waals surface area contributed by atoms with Gasteiger partial charge in [-0.1, -0.05) is 0 Å². The minimum absolute atomic E-state index is 0.355. The Hall–Kier alpha value is -0.700. The fourth-order valence-corrected chi connectivity index (χ4v) is 1.81. The first-order chi connectivity index (χ1) is 5.95. The first kappa shape index (κ1) is 7.92. The summed E-state index contributed by atoms with van der Waals surface area (Å²) in [6, 6.07) is 0. The second-order valence-electron chi connectivity index (χ2n) is 3.48. The summed E-state index contributed by atoms with van der Waals surface area (Å²) in [5, 5.41) is 3.18. The van der Waals surface area contributed by atoms with Crippen LogP contribution in [0.3, 0.4) is 0 Å². The molecule has 0 aromatic carbocycles. The van der Waals surface area contributed by atoms with Crippen molar-refractivity contribution in [1.82, 2.24) is 10.2 Å². The predicted octanol–water partition coefficient (Wildman–Crippen LogP) is 0.542. The van der Waals surface area contributed by atoms with Crippen molar-refractivity contribution in [2.24, 2.45) is 0 Å². The molecule has 0 aromatic heterocycles. The van der Waals surface area contributed by atoms with Gasteiger partial charge in [0, 0.05) is 12.7 Å². The van der Waals surface area contributed by atoms with Crippen molar-refractivity contribution in [1.29, 1.82) is 0 Å². The molecule has 12 heavy (non-hydrogen) atoms. The Morgan fingerprint density at radius 2 is 2.25 bits per heavy atom. The van der Waals surface area contributed by atoms with Gasteiger partial charge in [-0.15, -0.1) is 0 Å². The van der Waals surface area contributed by atoms with E-state index in [0.29, 0.717) is 6.10 Å². The maximum absolute atomic E-state index is 5.46. The molecule has 1 atom stereocenters. The molecule has 3 nitrogen and oxygen atoms in total. The molecule has 1 unspecified atom stereocenters. The normalized spacial score (nSPS) is 29.8. The largest absolute Gasteiger partial charge is 0.493 e. The van der Waals surface area contributed by atoms with Gasteiger partial charge in [-0.05, 0) is 25.9 Å². The van der Waals surface area contributed by atoms with Crippen molar-refractivity contribution in [3.63, 3.8) is 0 Å². The fourth-order valence-electron chi connectivity index (χ4n) is 1.81. The highest BCUT2D eigenvalue weighted by atomic mass is 16.5. The van der Waals surface area contributed by atoms with Gasteiger partial charge in [-0.2, -0.15) is 0 Å². The standard InChI is InChI=1S/C9H16N2O/c1-2-5-11(4-1)8-9-7-10-3-6-12-9/h3,6,9-10H,1-2,4-5,7-8H2. The molecule has 1 saturated heterocycles. The lowest BCUT2D eigenvalue weighted by Crippen LogP contribution is -2.38. The van der Waals surface area contributed by atoms with E-state index in [1.54, 1.807) is 6.26 Å². The average Bonchev–Trinajstić information content (AvgIpc) is 2.59. The van der Waals surface area contributed by atoms with E-state index in [9.17, 15) is 0 Å². The molecule has 2 aliphatic rings. The molecule has 2 heterocycles. The molecule has 0 aliphatic carbocycles. The molecule has 1 fully saturated rings. The summed E-state index contributed by atoms with van der Waals surface area (Å²) in [4.78, 5) is 2.48. The molecular weight excluding hydrogens is 152 g/mol. The number of hydrogen-bond acceptors (Lipinski definition) is 3. The zero-order valence-corrected chi connectivity index (χ0v) is 7.33. The number of ether oxygens (including phenoxy) is 1. The van der Waals surface area contributed by atoms with Crippen LogP contribution in [0.4, 0.5) is 0 Å². The summed E-state index contributed by atoms with van der Waals surface area (Å²) in [5.74, 6) is 0. The van der Waals surface area contributed by atoms with Crippen LogP contribution in [0.2, 0.25) is 0 Å². The van der Waals surface area contributed by atoms with Crippen LogP contribution in [0.15, 0.2) is 12.5 Å². The van der Waals surface area contributed by atoms with E-state index in [2.05, 4.69) is 10.2 Å². The Morgan fingerprint density at radius 3 is 2.92 bits per heavy atom. The van der Waals surface area contributed by atoms with Crippen LogP contribution in [0, 0.1) is 0 Å². The Balaban J connectivity index is 1.74. The Bertz CT molecular complexity index is 164. The van der Waals surface area contributed by atoms with Crippen molar-refractivity contribution < 1.29 is 4.74 Å². The van der Waals surface area contributed by atoms with Crippen LogP contribution >= 0.6 is 0 Å². The third kappa shape index (κ3) is 1.91. The monoisotopic (exact) mass is 168 g/mol. The van der Waals surface area contributed by atoms with Gasteiger partial charge in [0.25, 0.3) is 0 Å². The van der Waals surface area contributed by atoms with E-state index in [4.69, 9.17) is 4.74 Å². The smallest absolute Gasteiger partial charge is 0.128 e. The molecule has 2 aliphatic heterocycles. The summed E-state index contributed by atoms with van der Waals surface area (Å²) in [5.41, 5.74) is 0. The van der Waals surface area contributed by atoms with E-state index in [0.717, 1.165) is 13.1 Å². The quantitative estimate of drug-likeness (QED) is 0.651. The van der Waals surface area contributed by atoms with Gasteiger partial charge in [-0.3, -0.25) is 4.90 Å². The minimum atomic E-state index is 0.355. The number of rotatable bonds is 2. The SMILES string of the molecule is C1=COC(CN2CCCC2)CN1. The second-order valence-corrected chi connectivity index (χ2v) is 3.48. The van der Waals surface area contributed by atoms with E-state index in [-0.39, 0.29) is 0 Å². The summed E-state index contributed by atoms with van der Waals surface area (Å²) < 4.78 is 5.46. The van der Waals surface area contributed by atoms with E-state index in [1.165, 1.54) is 25.9 Å². The molecule has 2 rings (SSSR count). The van der Waals surface area contributed by atoms with Crippen LogP contribution in [0.25, 0.3) is 0 Å². The molecule has 1 N–H and O–H groups in total. The van der Waals surface area contributed by atoms with E-state index < -0.39 is 0 Å². The van der Waals surface area contributed by atoms with E-state index in [1.807, 2.05) is 6.20 Å². The van der Waals surface area contributed by atoms with Crippen molar-refractivity contribution in [3.05, 3.63) is 12.5 Å². The Labute approximate surface area is 73.4 Å². The van der Waals surface area contributed by atoms with Gasteiger partial charge >= 0.3 is 0 Å². The van der Waals surface area contributed by atoms with Crippen molar-refractivity contribution in [2.75, 3.05) is 26.2 Å². The number of hydrogen-bond donors (Lipinski definition) is 1. The maximum atomic E-state index is 5.46. The van der Waals surface area contributed by atoms with Gasteiger partial charge in [0.1, 0.15) is 6.10 Å². The molecule has 0 aromatic rings. The third-order valence-corrected chi connectivity index (χ3v) is 2.46. The highest BCUT2D eigenvalue weighted by Crippen LogP contribution is 2.09. The fraction of sp³-hybridized carbons (Fsp3) is 0.778. The topological polar surface area (TPSA) is 24.5 Å². The highest BCUT2D eigenvalue weighted by Gasteiger charge is 2.18. The van der Waals surface area contributed by atoms with Crippen LogP contribution in [0.5, 0.6) is 0 Å². The van der Waals surface area contributed by atoms with Crippen LogP contribution in [0.1, 0.15) is 12.8 Å². The lowest BCUT2D eigenvalue weighted by Gasteiger charge is -2.25. The summed E-state index contributed by atoms with van der Waals surface area (Å²) >= 11 is 0. The molecule has 0 spiro atoms. The lowest BCUT2D eigenvalue weighted by atomic mass is 10.3. The summed E-state index contributed by atoms with van der Waals surface area (Å²) in [6.45, 7) is 4.54. The number of likely N-dealkylation sites (tertiary alicyclic amines) is 1. The maximum Gasteiger partial charge on any atom is 0.128 e. The third-order valence-electron chi connectivity index (χ3n) is 2.46. The first-order valence-corrected chi connectivity index (χ1v) is 4.71. The number of nitrogens with one attached hydrogen (secondary N) is 1. The molecule has 0 bridgehead atoms. The zero-order valence-electron chi connectivity index (χ0n) is 7.33.